The Balaban J connectivity index is 2.07. The van der Waals surface area contributed by atoms with Crippen LogP contribution in [0.4, 0.5) is 0 Å². The van der Waals surface area contributed by atoms with Gasteiger partial charge in [0.25, 0.3) is 0 Å². The van der Waals surface area contributed by atoms with Crippen molar-refractivity contribution in [3.05, 3.63) is 35.9 Å². The van der Waals surface area contributed by atoms with E-state index in [0.29, 0.717) is 13.2 Å². The molecule has 1 unspecified atom stereocenters. The first-order valence-electron chi connectivity index (χ1n) is 6.80. The Labute approximate surface area is 113 Å². The highest BCUT2D eigenvalue weighted by atomic mass is 16.7. The molecule has 0 saturated carbocycles. The van der Waals surface area contributed by atoms with Crippen molar-refractivity contribution in [1.82, 2.24) is 0 Å². The molecule has 0 amide bonds. The fourth-order valence-electron chi connectivity index (χ4n) is 2.09. The van der Waals surface area contributed by atoms with Crippen LogP contribution in [0.25, 0.3) is 0 Å². The lowest BCUT2D eigenvalue weighted by Crippen LogP contribution is -2.28. The number of carbonyl (C=O) groups is 1. The molecule has 2 atom stereocenters. The maximum absolute atomic E-state index is 12.0. The number of rotatable bonds is 5. The van der Waals surface area contributed by atoms with Gasteiger partial charge in [-0.1, -0.05) is 30.3 Å². The van der Waals surface area contributed by atoms with E-state index in [4.69, 9.17) is 14.2 Å². The van der Waals surface area contributed by atoms with Gasteiger partial charge in [0.05, 0.1) is 6.61 Å². The van der Waals surface area contributed by atoms with Crippen molar-refractivity contribution in [3.8, 4) is 0 Å². The number of esters is 1. The van der Waals surface area contributed by atoms with E-state index in [1.165, 1.54) is 0 Å². The summed E-state index contributed by atoms with van der Waals surface area (Å²) in [6.07, 6.45) is 1.92. The summed E-state index contributed by atoms with van der Waals surface area (Å²) in [6, 6.07) is 9.40. The number of hydrogen-bond acceptors (Lipinski definition) is 4. The summed E-state index contributed by atoms with van der Waals surface area (Å²) >= 11 is 0. The first-order chi connectivity index (χ1) is 9.31. The minimum atomic E-state index is -0.704. The molecule has 4 heteroatoms. The molecule has 0 aliphatic carbocycles. The third kappa shape index (κ3) is 4.04. The SMILES string of the molecule is CCOC(=O)[C@@H](OC1CCCCO1)c1ccccc1. The van der Waals surface area contributed by atoms with Gasteiger partial charge in [-0.05, 0) is 31.7 Å². The van der Waals surface area contributed by atoms with E-state index < -0.39 is 6.10 Å². The van der Waals surface area contributed by atoms with Crippen molar-refractivity contribution in [2.75, 3.05) is 13.2 Å². The van der Waals surface area contributed by atoms with Crippen LogP contribution < -0.4 is 0 Å². The standard InChI is InChI=1S/C15H20O4/c1-2-17-15(16)14(12-8-4-3-5-9-12)19-13-10-6-7-11-18-13/h3-5,8-9,13-14H,2,6-7,10-11H2,1H3/t13?,14-/m0/s1. The van der Waals surface area contributed by atoms with E-state index in [-0.39, 0.29) is 12.3 Å². The number of benzene rings is 1. The highest BCUT2D eigenvalue weighted by Gasteiger charge is 2.27. The van der Waals surface area contributed by atoms with E-state index >= 15 is 0 Å². The minimum Gasteiger partial charge on any atom is -0.464 e. The van der Waals surface area contributed by atoms with Crippen LogP contribution >= 0.6 is 0 Å². The maximum Gasteiger partial charge on any atom is 0.340 e. The maximum atomic E-state index is 12.0. The van der Waals surface area contributed by atoms with E-state index in [0.717, 1.165) is 24.8 Å². The second kappa shape index (κ2) is 7.26. The lowest BCUT2D eigenvalue weighted by molar-refractivity contribution is -0.205. The Morgan fingerprint density at radius 3 is 2.79 bits per heavy atom. The zero-order valence-corrected chi connectivity index (χ0v) is 11.2. The van der Waals surface area contributed by atoms with Crippen LogP contribution in [0.15, 0.2) is 30.3 Å². The molecular formula is C15H20O4. The van der Waals surface area contributed by atoms with Crippen LogP contribution in [0.3, 0.4) is 0 Å². The van der Waals surface area contributed by atoms with Crippen LogP contribution in [0.5, 0.6) is 0 Å². The van der Waals surface area contributed by atoms with Crippen molar-refractivity contribution in [3.63, 3.8) is 0 Å². The fourth-order valence-corrected chi connectivity index (χ4v) is 2.09. The van der Waals surface area contributed by atoms with Crippen LogP contribution in [0.1, 0.15) is 37.9 Å². The zero-order valence-electron chi connectivity index (χ0n) is 11.2. The van der Waals surface area contributed by atoms with Gasteiger partial charge in [-0.2, -0.15) is 0 Å². The molecule has 1 saturated heterocycles. The molecule has 1 aromatic rings. The van der Waals surface area contributed by atoms with Crippen LogP contribution in [-0.4, -0.2) is 25.5 Å². The summed E-state index contributed by atoms with van der Waals surface area (Å²) in [4.78, 5) is 12.0. The highest BCUT2D eigenvalue weighted by molar-refractivity contribution is 5.76. The van der Waals surface area contributed by atoms with Crippen molar-refractivity contribution in [2.45, 2.75) is 38.6 Å². The van der Waals surface area contributed by atoms with Gasteiger partial charge in [0, 0.05) is 6.61 Å². The second-order valence-electron chi connectivity index (χ2n) is 4.47. The number of hydrogen-bond donors (Lipinski definition) is 0. The van der Waals surface area contributed by atoms with Crippen LogP contribution in [0.2, 0.25) is 0 Å². The lowest BCUT2D eigenvalue weighted by atomic mass is 10.1. The Hall–Kier alpha value is -1.39. The molecule has 1 aliphatic rings. The molecule has 0 N–H and O–H groups in total. The average molecular weight is 264 g/mol. The summed E-state index contributed by atoms with van der Waals surface area (Å²) in [7, 11) is 0. The fraction of sp³-hybridized carbons (Fsp3) is 0.533. The van der Waals surface area contributed by atoms with Gasteiger partial charge in [0.1, 0.15) is 0 Å². The van der Waals surface area contributed by atoms with E-state index in [1.807, 2.05) is 30.3 Å². The van der Waals surface area contributed by atoms with Gasteiger partial charge >= 0.3 is 5.97 Å². The Morgan fingerprint density at radius 1 is 1.37 bits per heavy atom. The van der Waals surface area contributed by atoms with Crippen molar-refractivity contribution >= 4 is 5.97 Å². The molecule has 104 valence electrons. The predicted molar refractivity (Wildman–Crippen MR) is 70.5 cm³/mol. The van der Waals surface area contributed by atoms with Crippen molar-refractivity contribution in [1.29, 1.82) is 0 Å². The van der Waals surface area contributed by atoms with Crippen molar-refractivity contribution < 1.29 is 19.0 Å². The Morgan fingerprint density at radius 2 is 2.16 bits per heavy atom. The van der Waals surface area contributed by atoms with Gasteiger partial charge in [-0.3, -0.25) is 0 Å². The zero-order chi connectivity index (χ0) is 13.5. The first-order valence-corrected chi connectivity index (χ1v) is 6.80. The van der Waals surface area contributed by atoms with Crippen LogP contribution in [-0.2, 0) is 19.0 Å². The van der Waals surface area contributed by atoms with E-state index in [1.54, 1.807) is 6.92 Å². The minimum absolute atomic E-state index is 0.316. The molecular weight excluding hydrogens is 244 g/mol. The average Bonchev–Trinajstić information content (AvgIpc) is 2.47. The van der Waals surface area contributed by atoms with Gasteiger partial charge < -0.3 is 14.2 Å². The van der Waals surface area contributed by atoms with Gasteiger partial charge in [0.15, 0.2) is 12.4 Å². The van der Waals surface area contributed by atoms with E-state index in [9.17, 15) is 4.79 Å². The normalized spacial score (nSPS) is 20.8. The number of carbonyl (C=O) groups excluding carboxylic acids is 1. The molecule has 0 aromatic heterocycles. The molecule has 1 aliphatic heterocycles. The molecule has 0 radical (unpaired) electrons. The number of ether oxygens (including phenoxy) is 3. The third-order valence-corrected chi connectivity index (χ3v) is 3.03. The summed E-state index contributed by atoms with van der Waals surface area (Å²) in [6.45, 7) is 2.82. The monoisotopic (exact) mass is 264 g/mol. The summed E-state index contributed by atoms with van der Waals surface area (Å²) < 4.78 is 16.4. The molecule has 0 spiro atoms. The molecule has 1 fully saturated rings. The topological polar surface area (TPSA) is 44.8 Å². The van der Waals surface area contributed by atoms with Crippen molar-refractivity contribution in [2.24, 2.45) is 0 Å². The van der Waals surface area contributed by atoms with Gasteiger partial charge in [-0.15, -0.1) is 0 Å². The first kappa shape index (κ1) is 14.0. The smallest absolute Gasteiger partial charge is 0.340 e. The summed E-state index contributed by atoms with van der Waals surface area (Å²) in [5, 5.41) is 0. The second-order valence-corrected chi connectivity index (χ2v) is 4.47. The molecule has 0 bridgehead atoms. The van der Waals surface area contributed by atoms with E-state index in [2.05, 4.69) is 0 Å². The quantitative estimate of drug-likeness (QED) is 0.767. The molecule has 1 aromatic carbocycles. The Kier molecular flexibility index (Phi) is 5.36. The highest BCUT2D eigenvalue weighted by Crippen LogP contribution is 2.25. The molecule has 19 heavy (non-hydrogen) atoms. The molecule has 1 heterocycles. The summed E-state index contributed by atoms with van der Waals surface area (Å²) in [5.74, 6) is -0.358. The molecule has 2 rings (SSSR count). The largest absolute Gasteiger partial charge is 0.464 e. The third-order valence-electron chi connectivity index (χ3n) is 3.03. The van der Waals surface area contributed by atoms with Crippen LogP contribution in [0, 0.1) is 0 Å². The summed E-state index contributed by atoms with van der Waals surface area (Å²) in [5.41, 5.74) is 0.801. The van der Waals surface area contributed by atoms with Gasteiger partial charge in [-0.25, -0.2) is 4.79 Å². The molecule has 4 nitrogen and oxygen atoms in total. The predicted octanol–water partition coefficient (Wildman–Crippen LogP) is 2.83. The van der Waals surface area contributed by atoms with Gasteiger partial charge in [0.2, 0.25) is 0 Å². The lowest BCUT2D eigenvalue weighted by Gasteiger charge is -2.26. The Bertz CT molecular complexity index is 384.